The molecule has 0 spiro atoms. The predicted octanol–water partition coefficient (Wildman–Crippen LogP) is 2.50. The Morgan fingerprint density at radius 1 is 1.24 bits per heavy atom. The molecule has 0 aliphatic heterocycles. The summed E-state index contributed by atoms with van der Waals surface area (Å²) in [6.07, 6.45) is 2.79. The quantitative estimate of drug-likeness (QED) is 0.815. The van der Waals surface area contributed by atoms with Crippen molar-refractivity contribution in [3.63, 3.8) is 0 Å². The molecule has 0 saturated heterocycles. The Labute approximate surface area is 123 Å². The molecule has 0 amide bonds. The first-order chi connectivity index (χ1) is 10.2. The number of nitrogens with zero attached hydrogens (tertiary/aromatic N) is 4. The van der Waals surface area contributed by atoms with E-state index in [4.69, 9.17) is 14.7 Å². The van der Waals surface area contributed by atoms with Crippen molar-refractivity contribution < 1.29 is 9.47 Å². The van der Waals surface area contributed by atoms with E-state index < -0.39 is 0 Å². The number of methoxy groups -OCH3 is 2. The molecule has 2 aromatic rings. The Kier molecular flexibility index (Phi) is 4.77. The third kappa shape index (κ3) is 2.97. The minimum absolute atomic E-state index is 0.373. The lowest BCUT2D eigenvalue weighted by Crippen LogP contribution is -2.04. The van der Waals surface area contributed by atoms with Crippen LogP contribution in [0.25, 0.3) is 5.69 Å². The van der Waals surface area contributed by atoms with Crippen LogP contribution in [0, 0.1) is 11.3 Å². The highest BCUT2D eigenvalue weighted by Gasteiger charge is 2.15. The van der Waals surface area contributed by atoms with E-state index in [1.807, 2.05) is 18.2 Å². The van der Waals surface area contributed by atoms with E-state index in [1.54, 1.807) is 18.9 Å². The SMILES string of the molecule is CCCCc1c(C#N)nnn1-c1ccc(OC)c(OC)c1. The maximum atomic E-state index is 9.15. The third-order valence-electron chi connectivity index (χ3n) is 3.25. The second-order valence-electron chi connectivity index (χ2n) is 4.55. The second kappa shape index (κ2) is 6.75. The zero-order chi connectivity index (χ0) is 15.2. The first-order valence-electron chi connectivity index (χ1n) is 6.82. The number of hydrogen-bond acceptors (Lipinski definition) is 5. The first kappa shape index (κ1) is 14.9. The minimum Gasteiger partial charge on any atom is -0.493 e. The molecule has 110 valence electrons. The van der Waals surface area contributed by atoms with E-state index in [0.717, 1.165) is 30.6 Å². The highest BCUT2D eigenvalue weighted by Crippen LogP contribution is 2.29. The van der Waals surface area contributed by atoms with E-state index in [0.29, 0.717) is 17.2 Å². The molecule has 0 saturated carbocycles. The van der Waals surface area contributed by atoms with Crippen LogP contribution >= 0.6 is 0 Å². The summed E-state index contributed by atoms with van der Waals surface area (Å²) in [4.78, 5) is 0. The van der Waals surface area contributed by atoms with Crippen molar-refractivity contribution in [2.75, 3.05) is 14.2 Å². The predicted molar refractivity (Wildman–Crippen MR) is 77.8 cm³/mol. The molecule has 0 bridgehead atoms. The lowest BCUT2D eigenvalue weighted by molar-refractivity contribution is 0.354. The molecule has 0 atom stereocenters. The van der Waals surface area contributed by atoms with Crippen molar-refractivity contribution in [3.05, 3.63) is 29.6 Å². The number of nitriles is 1. The maximum Gasteiger partial charge on any atom is 0.186 e. The van der Waals surface area contributed by atoms with Gasteiger partial charge in [-0.1, -0.05) is 18.6 Å². The van der Waals surface area contributed by atoms with Gasteiger partial charge >= 0.3 is 0 Å². The van der Waals surface area contributed by atoms with Crippen molar-refractivity contribution >= 4 is 0 Å². The molecule has 1 heterocycles. The number of unbranched alkanes of at least 4 members (excludes halogenated alkanes) is 1. The summed E-state index contributed by atoms with van der Waals surface area (Å²) in [5.74, 6) is 1.27. The molecule has 0 fully saturated rings. The van der Waals surface area contributed by atoms with Crippen LogP contribution in [-0.4, -0.2) is 29.2 Å². The van der Waals surface area contributed by atoms with E-state index in [1.165, 1.54) is 0 Å². The standard InChI is InChI=1S/C15H18N4O2/c1-4-5-6-13-12(10-16)17-18-19(13)11-7-8-14(20-2)15(9-11)21-3/h7-9H,4-6H2,1-3H3. The van der Waals surface area contributed by atoms with Gasteiger partial charge in [0.05, 0.1) is 25.6 Å². The van der Waals surface area contributed by atoms with Crippen molar-refractivity contribution in [2.24, 2.45) is 0 Å². The molecule has 0 aliphatic rings. The normalized spacial score (nSPS) is 10.2. The van der Waals surface area contributed by atoms with Crippen LogP contribution in [0.15, 0.2) is 18.2 Å². The van der Waals surface area contributed by atoms with Gasteiger partial charge in [0.1, 0.15) is 6.07 Å². The molecule has 0 aliphatic carbocycles. The average Bonchev–Trinajstić information content (AvgIpc) is 2.94. The van der Waals surface area contributed by atoms with E-state index >= 15 is 0 Å². The molecule has 2 rings (SSSR count). The fourth-order valence-corrected chi connectivity index (χ4v) is 2.12. The fraction of sp³-hybridized carbons (Fsp3) is 0.400. The Hall–Kier alpha value is -2.55. The minimum atomic E-state index is 0.373. The fourth-order valence-electron chi connectivity index (χ4n) is 2.12. The van der Waals surface area contributed by atoms with Gasteiger partial charge in [-0.15, -0.1) is 5.10 Å². The third-order valence-corrected chi connectivity index (χ3v) is 3.25. The van der Waals surface area contributed by atoms with Crippen LogP contribution in [0.1, 0.15) is 31.2 Å². The van der Waals surface area contributed by atoms with Crippen LogP contribution in [0.2, 0.25) is 0 Å². The number of benzene rings is 1. The van der Waals surface area contributed by atoms with Crippen LogP contribution in [0.4, 0.5) is 0 Å². The summed E-state index contributed by atoms with van der Waals surface area (Å²) in [6, 6.07) is 7.60. The number of ether oxygens (including phenoxy) is 2. The smallest absolute Gasteiger partial charge is 0.186 e. The van der Waals surface area contributed by atoms with Gasteiger partial charge in [-0.05, 0) is 25.0 Å². The summed E-state index contributed by atoms with van der Waals surface area (Å²) in [5, 5.41) is 17.2. The van der Waals surface area contributed by atoms with Crippen molar-refractivity contribution in [2.45, 2.75) is 26.2 Å². The van der Waals surface area contributed by atoms with Gasteiger partial charge in [-0.2, -0.15) is 5.26 Å². The Balaban J connectivity index is 2.46. The topological polar surface area (TPSA) is 73.0 Å². The van der Waals surface area contributed by atoms with Crippen LogP contribution < -0.4 is 9.47 Å². The summed E-state index contributed by atoms with van der Waals surface area (Å²) in [6.45, 7) is 2.11. The highest BCUT2D eigenvalue weighted by atomic mass is 16.5. The Bertz CT molecular complexity index is 658. The molecule has 21 heavy (non-hydrogen) atoms. The lowest BCUT2D eigenvalue weighted by atomic mass is 10.1. The van der Waals surface area contributed by atoms with Gasteiger partial charge in [-0.3, -0.25) is 0 Å². The van der Waals surface area contributed by atoms with Crippen LogP contribution in [-0.2, 0) is 6.42 Å². The zero-order valence-electron chi connectivity index (χ0n) is 12.5. The lowest BCUT2D eigenvalue weighted by Gasteiger charge is -2.11. The Morgan fingerprint density at radius 3 is 2.62 bits per heavy atom. The first-order valence-corrected chi connectivity index (χ1v) is 6.82. The number of aromatic nitrogens is 3. The van der Waals surface area contributed by atoms with Gasteiger partial charge in [0, 0.05) is 6.07 Å². The van der Waals surface area contributed by atoms with Gasteiger partial charge in [0.15, 0.2) is 17.2 Å². The van der Waals surface area contributed by atoms with E-state index in [-0.39, 0.29) is 0 Å². The molecule has 6 heteroatoms. The second-order valence-corrected chi connectivity index (χ2v) is 4.55. The van der Waals surface area contributed by atoms with Crippen molar-refractivity contribution in [3.8, 4) is 23.3 Å². The maximum absolute atomic E-state index is 9.15. The van der Waals surface area contributed by atoms with E-state index in [2.05, 4.69) is 23.3 Å². The van der Waals surface area contributed by atoms with Crippen LogP contribution in [0.5, 0.6) is 11.5 Å². The largest absolute Gasteiger partial charge is 0.493 e. The van der Waals surface area contributed by atoms with Gasteiger partial charge in [0.2, 0.25) is 0 Å². The summed E-state index contributed by atoms with van der Waals surface area (Å²) < 4.78 is 12.2. The van der Waals surface area contributed by atoms with Gasteiger partial charge in [-0.25, -0.2) is 4.68 Å². The molecular weight excluding hydrogens is 268 g/mol. The molecule has 0 N–H and O–H groups in total. The Morgan fingerprint density at radius 2 is 2.00 bits per heavy atom. The van der Waals surface area contributed by atoms with Crippen molar-refractivity contribution in [1.29, 1.82) is 5.26 Å². The number of hydrogen-bond donors (Lipinski definition) is 0. The summed E-state index contributed by atoms with van der Waals surface area (Å²) in [5.41, 5.74) is 2.00. The molecule has 0 radical (unpaired) electrons. The summed E-state index contributed by atoms with van der Waals surface area (Å²) in [7, 11) is 3.18. The molecule has 6 nitrogen and oxygen atoms in total. The van der Waals surface area contributed by atoms with Gasteiger partial charge < -0.3 is 9.47 Å². The molecule has 1 aromatic heterocycles. The van der Waals surface area contributed by atoms with E-state index in [9.17, 15) is 0 Å². The van der Waals surface area contributed by atoms with Crippen LogP contribution in [0.3, 0.4) is 0 Å². The van der Waals surface area contributed by atoms with Crippen molar-refractivity contribution in [1.82, 2.24) is 15.0 Å². The zero-order valence-corrected chi connectivity index (χ0v) is 12.5. The summed E-state index contributed by atoms with van der Waals surface area (Å²) >= 11 is 0. The average molecular weight is 286 g/mol. The molecule has 0 unspecified atom stereocenters. The molecule has 1 aromatic carbocycles. The van der Waals surface area contributed by atoms with Gasteiger partial charge in [0.25, 0.3) is 0 Å². The highest BCUT2D eigenvalue weighted by molar-refractivity contribution is 5.49. The monoisotopic (exact) mass is 286 g/mol. The number of rotatable bonds is 6. The molecular formula is C15H18N4O2.